The highest BCUT2D eigenvalue weighted by Crippen LogP contribution is 2.13. The average Bonchev–Trinajstić information content (AvgIpc) is 3.39. The van der Waals surface area contributed by atoms with Crippen LogP contribution in [-0.4, -0.2) is 43.7 Å². The van der Waals surface area contributed by atoms with Crippen molar-refractivity contribution in [3.63, 3.8) is 0 Å². The van der Waals surface area contributed by atoms with Gasteiger partial charge in [-0.25, -0.2) is 4.99 Å². The monoisotopic (exact) mass is 494 g/mol. The SMILES string of the molecule is CC#CC#CC#CC#CC#CC(=O)NC(CCCCCCC)CCOCC1COC(c2ccccc2)=N1. The van der Waals surface area contributed by atoms with Crippen molar-refractivity contribution in [2.45, 2.75) is 70.9 Å². The van der Waals surface area contributed by atoms with E-state index in [-0.39, 0.29) is 18.0 Å². The second-order valence-corrected chi connectivity index (χ2v) is 8.38. The van der Waals surface area contributed by atoms with Gasteiger partial charge < -0.3 is 14.8 Å². The molecule has 1 heterocycles. The fourth-order valence-electron chi connectivity index (χ4n) is 3.53. The van der Waals surface area contributed by atoms with E-state index in [1.807, 2.05) is 30.3 Å². The Hall–Kier alpha value is -4.08. The van der Waals surface area contributed by atoms with Crippen LogP contribution in [0.1, 0.15) is 64.4 Å². The minimum atomic E-state index is -0.347. The van der Waals surface area contributed by atoms with E-state index in [0.717, 1.165) is 24.8 Å². The van der Waals surface area contributed by atoms with Crippen molar-refractivity contribution in [1.29, 1.82) is 0 Å². The van der Waals surface area contributed by atoms with Crippen LogP contribution < -0.4 is 5.32 Å². The molecule has 1 aliphatic rings. The van der Waals surface area contributed by atoms with Crippen LogP contribution in [0, 0.1) is 59.2 Å². The Morgan fingerprint density at radius 1 is 1.00 bits per heavy atom. The smallest absolute Gasteiger partial charge is 0.297 e. The summed E-state index contributed by atoms with van der Waals surface area (Å²) in [5.41, 5.74) is 0.976. The second-order valence-electron chi connectivity index (χ2n) is 8.38. The number of hydrogen-bond acceptors (Lipinski definition) is 4. The van der Waals surface area contributed by atoms with Gasteiger partial charge in [-0.15, -0.1) is 0 Å². The molecule has 37 heavy (non-hydrogen) atoms. The number of carbonyl (C=O) groups excluding carboxylic acids is 1. The van der Waals surface area contributed by atoms with Gasteiger partial charge >= 0.3 is 0 Å². The second kappa shape index (κ2) is 19.1. The number of unbranched alkanes of at least 4 members (excludes halogenated alkanes) is 4. The molecule has 1 aromatic rings. The van der Waals surface area contributed by atoms with E-state index >= 15 is 0 Å². The first-order valence-electron chi connectivity index (χ1n) is 12.8. The van der Waals surface area contributed by atoms with E-state index in [1.54, 1.807) is 6.92 Å². The molecule has 1 aromatic carbocycles. The molecule has 2 rings (SSSR count). The van der Waals surface area contributed by atoms with Gasteiger partial charge in [-0.3, -0.25) is 4.79 Å². The first kappa shape index (κ1) is 29.2. The van der Waals surface area contributed by atoms with Gasteiger partial charge in [0.05, 0.1) is 6.61 Å². The molecular formula is C32H34N2O3. The third kappa shape index (κ3) is 13.6. The van der Waals surface area contributed by atoms with Gasteiger partial charge in [0, 0.05) is 24.1 Å². The number of carbonyl (C=O) groups is 1. The van der Waals surface area contributed by atoms with Crippen LogP contribution in [0.5, 0.6) is 0 Å². The average molecular weight is 495 g/mol. The van der Waals surface area contributed by atoms with Crippen molar-refractivity contribution in [3.05, 3.63) is 35.9 Å². The van der Waals surface area contributed by atoms with Gasteiger partial charge in [0.1, 0.15) is 12.6 Å². The summed E-state index contributed by atoms with van der Waals surface area (Å²) in [6.07, 6.45) is 7.45. The number of nitrogens with one attached hydrogen (secondary N) is 1. The molecule has 5 heteroatoms. The lowest BCUT2D eigenvalue weighted by atomic mass is 10.0. The first-order valence-corrected chi connectivity index (χ1v) is 12.8. The van der Waals surface area contributed by atoms with E-state index in [2.05, 4.69) is 76.4 Å². The molecule has 1 N–H and O–H groups in total. The summed E-state index contributed by atoms with van der Waals surface area (Å²) in [4.78, 5) is 16.9. The number of rotatable bonds is 13. The highest BCUT2D eigenvalue weighted by Gasteiger charge is 2.20. The standard InChI is InChI=1S/C32H34N2O3/c1-3-5-7-9-10-11-12-14-19-23-31(35)33-29(22-18-13-8-6-4-2)24-25-36-26-30-27-37-32(34-30)28-20-16-15-17-21-28/h15-17,20-21,29-30H,4,6,8,13,18,22,24-27H2,1-2H3,(H,33,35). The minimum absolute atomic E-state index is 0.00524. The Morgan fingerprint density at radius 2 is 1.70 bits per heavy atom. The van der Waals surface area contributed by atoms with Crippen LogP contribution in [0.3, 0.4) is 0 Å². The Kier molecular flexibility index (Phi) is 15.1. The molecule has 5 nitrogen and oxygen atoms in total. The quantitative estimate of drug-likeness (QED) is 0.332. The Labute approximate surface area is 222 Å². The maximum Gasteiger partial charge on any atom is 0.297 e. The fraction of sp³-hybridized carbons (Fsp3) is 0.438. The molecule has 2 atom stereocenters. The maximum atomic E-state index is 12.3. The molecule has 0 aliphatic carbocycles. The minimum Gasteiger partial charge on any atom is -0.475 e. The highest BCUT2D eigenvalue weighted by molar-refractivity contribution is 5.95. The van der Waals surface area contributed by atoms with Gasteiger partial charge in [0.2, 0.25) is 5.90 Å². The van der Waals surface area contributed by atoms with Gasteiger partial charge in [0.25, 0.3) is 5.91 Å². The summed E-state index contributed by atoms with van der Waals surface area (Å²) in [5, 5.41) is 3.00. The zero-order valence-corrected chi connectivity index (χ0v) is 21.8. The highest BCUT2D eigenvalue weighted by atomic mass is 16.5. The zero-order valence-electron chi connectivity index (χ0n) is 21.8. The summed E-state index contributed by atoms with van der Waals surface area (Å²) in [6, 6.07) is 9.84. The van der Waals surface area contributed by atoms with Crippen LogP contribution in [-0.2, 0) is 14.3 Å². The van der Waals surface area contributed by atoms with Crippen LogP contribution in [0.15, 0.2) is 35.3 Å². The lowest BCUT2D eigenvalue weighted by molar-refractivity contribution is -0.116. The first-order chi connectivity index (χ1) is 18.2. The van der Waals surface area contributed by atoms with E-state index in [9.17, 15) is 4.79 Å². The lowest BCUT2D eigenvalue weighted by Gasteiger charge is -2.17. The molecule has 0 saturated heterocycles. The molecule has 0 radical (unpaired) electrons. The summed E-state index contributed by atoms with van der Waals surface area (Å²) in [6.45, 7) is 5.43. The van der Waals surface area contributed by atoms with Crippen LogP contribution in [0.25, 0.3) is 0 Å². The third-order valence-corrected chi connectivity index (χ3v) is 5.38. The molecule has 2 unspecified atom stereocenters. The molecule has 0 saturated carbocycles. The van der Waals surface area contributed by atoms with Crippen molar-refractivity contribution in [3.8, 4) is 59.2 Å². The van der Waals surface area contributed by atoms with E-state index in [4.69, 9.17) is 9.47 Å². The predicted molar refractivity (Wildman–Crippen MR) is 148 cm³/mol. The maximum absolute atomic E-state index is 12.3. The Morgan fingerprint density at radius 3 is 2.43 bits per heavy atom. The molecule has 0 aromatic heterocycles. The number of benzene rings is 1. The third-order valence-electron chi connectivity index (χ3n) is 5.38. The molecule has 0 bridgehead atoms. The van der Waals surface area contributed by atoms with Gasteiger partial charge in [-0.2, -0.15) is 0 Å². The lowest BCUT2D eigenvalue weighted by Crippen LogP contribution is -2.35. The number of ether oxygens (including phenoxy) is 2. The summed E-state index contributed by atoms with van der Waals surface area (Å²) >= 11 is 0. The Balaban J connectivity index is 1.79. The van der Waals surface area contributed by atoms with E-state index < -0.39 is 0 Å². The largest absolute Gasteiger partial charge is 0.475 e. The van der Waals surface area contributed by atoms with Crippen molar-refractivity contribution < 1.29 is 14.3 Å². The fourth-order valence-corrected chi connectivity index (χ4v) is 3.53. The van der Waals surface area contributed by atoms with Crippen molar-refractivity contribution in [2.75, 3.05) is 19.8 Å². The molecule has 0 spiro atoms. The summed E-state index contributed by atoms with van der Waals surface area (Å²) in [7, 11) is 0. The number of amides is 1. The summed E-state index contributed by atoms with van der Waals surface area (Å²) < 4.78 is 11.6. The normalized spacial score (nSPS) is 13.7. The van der Waals surface area contributed by atoms with Crippen molar-refractivity contribution >= 4 is 11.8 Å². The summed E-state index contributed by atoms with van der Waals surface area (Å²) in [5.74, 6) is 25.9. The molecule has 190 valence electrons. The topological polar surface area (TPSA) is 59.9 Å². The van der Waals surface area contributed by atoms with Crippen molar-refractivity contribution in [2.24, 2.45) is 4.99 Å². The van der Waals surface area contributed by atoms with Gasteiger partial charge in [-0.1, -0.05) is 63.1 Å². The van der Waals surface area contributed by atoms with Crippen LogP contribution >= 0.6 is 0 Å². The number of hydrogen-bond donors (Lipinski definition) is 1. The van der Waals surface area contributed by atoms with Gasteiger partial charge in [-0.05, 0) is 79.3 Å². The number of aliphatic imine (C=N–C) groups is 1. The van der Waals surface area contributed by atoms with Crippen LogP contribution in [0.2, 0.25) is 0 Å². The van der Waals surface area contributed by atoms with Crippen LogP contribution in [0.4, 0.5) is 0 Å². The number of nitrogens with zero attached hydrogens (tertiary/aromatic N) is 1. The van der Waals surface area contributed by atoms with E-state index in [1.165, 1.54) is 19.3 Å². The molecule has 1 aliphatic heterocycles. The Bertz CT molecular complexity index is 1190. The molecule has 0 fully saturated rings. The predicted octanol–water partition coefficient (Wildman–Crippen LogP) is 4.12. The van der Waals surface area contributed by atoms with E-state index in [0.29, 0.717) is 32.1 Å². The van der Waals surface area contributed by atoms with Crippen molar-refractivity contribution in [1.82, 2.24) is 5.32 Å². The molecule has 1 amide bonds. The van der Waals surface area contributed by atoms with Gasteiger partial charge in [0.15, 0.2) is 0 Å². The molecular weight excluding hydrogens is 460 g/mol. The zero-order chi connectivity index (χ0) is 26.4.